The molecular formula is C52H63N7O7S. The quantitative estimate of drug-likeness (QED) is 0.0656. The van der Waals surface area contributed by atoms with Crippen LogP contribution in [-0.4, -0.2) is 105 Å². The molecule has 1 unspecified atom stereocenters. The first-order valence-corrected chi connectivity index (χ1v) is 23.9. The van der Waals surface area contributed by atoms with Crippen molar-refractivity contribution in [1.82, 2.24) is 35.2 Å². The van der Waals surface area contributed by atoms with Crippen LogP contribution in [0.5, 0.6) is 0 Å². The lowest BCUT2D eigenvalue weighted by molar-refractivity contribution is -0.155. The van der Waals surface area contributed by atoms with Gasteiger partial charge in [0, 0.05) is 78.3 Å². The number of pyridine rings is 1. The van der Waals surface area contributed by atoms with Crippen LogP contribution in [0, 0.1) is 11.3 Å². The molecule has 2 aliphatic heterocycles. The number of amides is 3. The van der Waals surface area contributed by atoms with Crippen molar-refractivity contribution < 1.29 is 33.8 Å². The van der Waals surface area contributed by atoms with E-state index in [2.05, 4.69) is 66.9 Å². The zero-order valence-electron chi connectivity index (χ0n) is 39.8. The first kappa shape index (κ1) is 48.9. The third-order valence-corrected chi connectivity index (χ3v) is 13.6. The molecule has 14 nitrogen and oxygen atoms in total. The van der Waals surface area contributed by atoms with Crippen molar-refractivity contribution in [2.45, 2.75) is 98.0 Å². The number of cyclic esters (lactones) is 1. The van der Waals surface area contributed by atoms with Crippen LogP contribution in [0.25, 0.3) is 39.0 Å². The molecule has 0 spiro atoms. The second kappa shape index (κ2) is 20.9. The van der Waals surface area contributed by atoms with Crippen LogP contribution in [0.4, 0.5) is 0 Å². The van der Waals surface area contributed by atoms with E-state index in [0.29, 0.717) is 48.5 Å². The third-order valence-electron chi connectivity index (χ3n) is 12.8. The van der Waals surface area contributed by atoms with Gasteiger partial charge in [0.15, 0.2) is 0 Å². The molecule has 2 aliphatic rings. The predicted molar refractivity (Wildman–Crippen MR) is 261 cm³/mol. The Morgan fingerprint density at radius 2 is 1.90 bits per heavy atom. The van der Waals surface area contributed by atoms with E-state index in [1.54, 1.807) is 13.3 Å². The summed E-state index contributed by atoms with van der Waals surface area (Å²) in [5.74, 6) is -2.34. The number of esters is 1. The second-order valence-corrected chi connectivity index (χ2v) is 19.5. The van der Waals surface area contributed by atoms with Gasteiger partial charge in [-0.2, -0.15) is 0 Å². The van der Waals surface area contributed by atoms with E-state index >= 15 is 0 Å². The normalized spacial score (nSPS) is 18.8. The van der Waals surface area contributed by atoms with Crippen molar-refractivity contribution in [2.24, 2.45) is 11.3 Å². The number of benzene rings is 2. The highest BCUT2D eigenvalue weighted by atomic mass is 32.1. The lowest BCUT2D eigenvalue weighted by atomic mass is 9.84. The number of likely N-dealkylation sites (N-methyl/N-ethyl adjacent to an activating group) is 1. The number of carbonyl (C=O) groups excluding carboxylic acids is 4. The Bertz CT molecular complexity index is 2670. The number of thiazole rings is 1. The van der Waals surface area contributed by atoms with Crippen LogP contribution in [0.15, 0.2) is 90.5 Å². The number of hydrogen-bond donors (Lipinski definition) is 3. The van der Waals surface area contributed by atoms with Crippen molar-refractivity contribution in [3.05, 3.63) is 112 Å². The number of rotatable bonds is 12. The van der Waals surface area contributed by atoms with Crippen molar-refractivity contribution in [2.75, 3.05) is 33.9 Å². The molecule has 3 N–H and O–H groups in total. The average molecular weight is 930 g/mol. The Kier molecular flexibility index (Phi) is 15.2. The summed E-state index contributed by atoms with van der Waals surface area (Å²) in [6.07, 6.45) is 4.64. The molecular weight excluding hydrogens is 867 g/mol. The Morgan fingerprint density at radius 3 is 2.60 bits per heavy atom. The Balaban J connectivity index is 1.27. The van der Waals surface area contributed by atoms with Gasteiger partial charge in [-0.25, -0.2) is 10.4 Å². The van der Waals surface area contributed by atoms with Crippen LogP contribution >= 0.6 is 11.3 Å². The Morgan fingerprint density at radius 1 is 1.13 bits per heavy atom. The maximum atomic E-state index is 14.7. The summed E-state index contributed by atoms with van der Waals surface area (Å²) in [5, 5.41) is 17.9. The third kappa shape index (κ3) is 10.4. The molecule has 3 amide bonds. The van der Waals surface area contributed by atoms with Gasteiger partial charge in [0.05, 0.1) is 41.4 Å². The molecule has 354 valence electrons. The van der Waals surface area contributed by atoms with Gasteiger partial charge in [-0.05, 0) is 80.0 Å². The Hall–Kier alpha value is -6.00. The molecule has 2 aromatic carbocycles. The van der Waals surface area contributed by atoms with Gasteiger partial charge in [-0.15, -0.1) is 11.3 Å². The van der Waals surface area contributed by atoms with Gasteiger partial charge in [-0.3, -0.25) is 29.2 Å². The SMILES string of the molecule is C=C(C(=O)N(C)C(C(=O)N[C@H]1Cc2nc(cs2)-c2ccc3c(c2)c(c(-c2cccnc2[C@H](C)OC)n3CC)CC(C)(C)COC(=O)[C@@H]2CCCN(N2)C1=O)C(C)C)/C(=C\CO)c1ccccc1. The lowest BCUT2D eigenvalue weighted by Gasteiger charge is -2.36. The highest BCUT2D eigenvalue weighted by Crippen LogP contribution is 2.42. The maximum absolute atomic E-state index is 14.7. The van der Waals surface area contributed by atoms with E-state index < -0.39 is 47.2 Å². The monoisotopic (exact) mass is 929 g/mol. The number of nitrogens with one attached hydrogen (secondary N) is 2. The Labute approximate surface area is 397 Å². The molecule has 5 heterocycles. The molecule has 67 heavy (non-hydrogen) atoms. The van der Waals surface area contributed by atoms with Gasteiger partial charge in [0.2, 0.25) is 5.91 Å². The summed E-state index contributed by atoms with van der Waals surface area (Å²) >= 11 is 1.39. The number of methoxy groups -OCH3 is 1. The molecule has 0 saturated carbocycles. The molecule has 4 atom stereocenters. The first-order chi connectivity index (χ1) is 32.1. The van der Waals surface area contributed by atoms with E-state index in [0.717, 1.165) is 44.7 Å². The van der Waals surface area contributed by atoms with Crippen LogP contribution in [0.3, 0.4) is 0 Å². The molecule has 5 aromatic rings. The van der Waals surface area contributed by atoms with Gasteiger partial charge in [-0.1, -0.05) is 76.7 Å². The van der Waals surface area contributed by atoms with Crippen LogP contribution in [0.1, 0.15) is 82.3 Å². The molecule has 0 radical (unpaired) electrons. The number of carbonyl (C=O) groups is 4. The zero-order chi connectivity index (χ0) is 48.2. The van der Waals surface area contributed by atoms with Gasteiger partial charge < -0.3 is 29.4 Å². The first-order valence-electron chi connectivity index (χ1n) is 23.0. The molecule has 3 aromatic heterocycles. The van der Waals surface area contributed by atoms with Crippen LogP contribution in [-0.2, 0) is 48.0 Å². The minimum absolute atomic E-state index is 0.0502. The predicted octanol–water partition coefficient (Wildman–Crippen LogP) is 7.32. The average Bonchev–Trinajstić information content (AvgIpc) is 3.92. The van der Waals surface area contributed by atoms with Crippen LogP contribution in [0.2, 0.25) is 0 Å². The number of aliphatic hydroxyl groups excluding tert-OH is 1. The van der Waals surface area contributed by atoms with E-state index in [1.807, 2.05) is 62.5 Å². The summed E-state index contributed by atoms with van der Waals surface area (Å²) in [4.78, 5) is 68.5. The number of aromatic nitrogens is 3. The number of hydrogen-bond acceptors (Lipinski definition) is 11. The minimum Gasteiger partial charge on any atom is -0.464 e. The largest absolute Gasteiger partial charge is 0.464 e. The molecule has 6 bridgehead atoms. The van der Waals surface area contributed by atoms with Gasteiger partial charge >= 0.3 is 5.97 Å². The summed E-state index contributed by atoms with van der Waals surface area (Å²) in [6, 6.07) is 16.6. The van der Waals surface area contributed by atoms with Gasteiger partial charge in [0.1, 0.15) is 18.1 Å². The van der Waals surface area contributed by atoms with Crippen molar-refractivity contribution in [3.8, 4) is 22.5 Å². The fourth-order valence-electron chi connectivity index (χ4n) is 9.33. The number of aliphatic hydroxyl groups is 1. The van der Waals surface area contributed by atoms with Crippen molar-refractivity contribution in [3.63, 3.8) is 0 Å². The number of ether oxygens (including phenoxy) is 2. The molecule has 0 aliphatic carbocycles. The zero-order valence-corrected chi connectivity index (χ0v) is 40.6. The maximum Gasteiger partial charge on any atom is 0.324 e. The minimum atomic E-state index is -1.12. The summed E-state index contributed by atoms with van der Waals surface area (Å²) in [5.41, 5.74) is 10.4. The lowest BCUT2D eigenvalue weighted by Crippen LogP contribution is -2.62. The topological polar surface area (TPSA) is 168 Å². The van der Waals surface area contributed by atoms with Crippen LogP contribution < -0.4 is 10.7 Å². The van der Waals surface area contributed by atoms with Crippen molar-refractivity contribution in [1.29, 1.82) is 0 Å². The molecule has 7 rings (SSSR count). The fourth-order valence-corrected chi connectivity index (χ4v) is 10.2. The number of nitrogens with zero attached hydrogens (tertiary/aromatic N) is 5. The molecule has 1 saturated heterocycles. The number of aryl methyl sites for hydroxylation is 1. The summed E-state index contributed by atoms with van der Waals surface area (Å²) in [7, 11) is 3.22. The van der Waals surface area contributed by atoms with Gasteiger partial charge in [0.25, 0.3) is 11.8 Å². The standard InChI is InChI=1S/C52H63N7O7S/c1-10-58-43-21-20-35-26-38(43)39(47(58)37-18-14-23-53-45(37)33(5)65-9)28-52(6,7)30-66-51(64)40-19-15-24-59(56-40)50(63)41(27-44-54-42(35)29-67-44)55-48(61)46(31(2)3)57(8)49(62)32(4)36(22-25-60)34-16-12-11-13-17-34/h11-14,16-18,20-23,26,29,31,33,40-41,46,56,60H,4,10,15,19,24-25,27-28,30H2,1-3,5-9H3,(H,55,61)/b36-22+/t33-,40-,41-,46?/m0/s1. The highest BCUT2D eigenvalue weighted by Gasteiger charge is 2.38. The smallest absolute Gasteiger partial charge is 0.324 e. The van der Waals surface area contributed by atoms with E-state index in [4.69, 9.17) is 19.4 Å². The highest BCUT2D eigenvalue weighted by molar-refractivity contribution is 7.10. The van der Waals surface area contributed by atoms with Crippen molar-refractivity contribution >= 4 is 51.5 Å². The van der Waals surface area contributed by atoms with E-state index in [-0.39, 0.29) is 37.2 Å². The molecule has 1 fully saturated rings. The fraction of sp³-hybridized carbons (Fsp3) is 0.423. The number of fused-ring (bicyclic) bond motifs is 6. The summed E-state index contributed by atoms with van der Waals surface area (Å²) in [6.45, 7) is 16.8. The summed E-state index contributed by atoms with van der Waals surface area (Å²) < 4.78 is 14.2. The van der Waals surface area contributed by atoms with E-state index in [1.165, 1.54) is 34.4 Å². The van der Waals surface area contributed by atoms with E-state index in [9.17, 15) is 24.3 Å². The molecule has 15 heteroatoms. The number of hydrazine groups is 1. The second-order valence-electron chi connectivity index (χ2n) is 18.5.